The molecule has 0 aliphatic carbocycles. The second kappa shape index (κ2) is 8.02. The molecule has 1 aromatic heterocycles. The molecule has 1 saturated heterocycles. The van der Waals surface area contributed by atoms with Gasteiger partial charge in [-0.3, -0.25) is 0 Å². The average molecular weight is 398 g/mol. The van der Waals surface area contributed by atoms with E-state index >= 15 is 0 Å². The van der Waals surface area contributed by atoms with Crippen LogP contribution in [0.1, 0.15) is 5.82 Å². The summed E-state index contributed by atoms with van der Waals surface area (Å²) in [5.41, 5.74) is 1.97. The van der Waals surface area contributed by atoms with Crippen molar-refractivity contribution in [3.8, 4) is 0 Å². The first-order valence-electron chi connectivity index (χ1n) is 9.20. The highest BCUT2D eigenvalue weighted by Crippen LogP contribution is 2.23. The molecule has 1 aliphatic heterocycles. The quantitative estimate of drug-likeness (QED) is 0.694. The van der Waals surface area contributed by atoms with Gasteiger partial charge in [-0.2, -0.15) is 0 Å². The van der Waals surface area contributed by atoms with Crippen molar-refractivity contribution < 1.29 is 4.39 Å². The number of piperazine rings is 1. The lowest BCUT2D eigenvalue weighted by Gasteiger charge is -2.36. The van der Waals surface area contributed by atoms with E-state index in [4.69, 9.17) is 11.6 Å². The third kappa shape index (κ3) is 4.34. The first-order chi connectivity index (χ1) is 13.6. The molecule has 28 heavy (non-hydrogen) atoms. The molecule has 0 atom stereocenters. The van der Waals surface area contributed by atoms with Crippen LogP contribution < -0.4 is 15.1 Å². The molecule has 0 bridgehead atoms. The highest BCUT2D eigenvalue weighted by Gasteiger charge is 2.19. The van der Waals surface area contributed by atoms with E-state index in [1.54, 1.807) is 0 Å². The topological polar surface area (TPSA) is 44.3 Å². The second-order valence-corrected chi connectivity index (χ2v) is 7.18. The Kier molecular flexibility index (Phi) is 5.30. The van der Waals surface area contributed by atoms with Gasteiger partial charge in [-0.15, -0.1) is 0 Å². The first-order valence-corrected chi connectivity index (χ1v) is 9.58. The van der Waals surface area contributed by atoms with E-state index in [9.17, 15) is 4.39 Å². The van der Waals surface area contributed by atoms with Gasteiger partial charge in [-0.05, 0) is 55.5 Å². The summed E-state index contributed by atoms with van der Waals surface area (Å²) >= 11 is 5.95. The molecule has 1 fully saturated rings. The molecule has 144 valence electrons. The zero-order chi connectivity index (χ0) is 19.5. The van der Waals surface area contributed by atoms with Crippen LogP contribution in [0.4, 0.5) is 27.4 Å². The summed E-state index contributed by atoms with van der Waals surface area (Å²) in [6, 6.07) is 16.1. The maximum Gasteiger partial charge on any atom is 0.136 e. The van der Waals surface area contributed by atoms with Crippen molar-refractivity contribution in [3.05, 3.63) is 71.3 Å². The van der Waals surface area contributed by atoms with Crippen LogP contribution in [0.5, 0.6) is 0 Å². The molecule has 4 rings (SSSR count). The van der Waals surface area contributed by atoms with Crippen LogP contribution in [-0.4, -0.2) is 36.1 Å². The van der Waals surface area contributed by atoms with E-state index in [1.165, 1.54) is 12.1 Å². The number of rotatable bonds is 4. The van der Waals surface area contributed by atoms with E-state index in [2.05, 4.69) is 25.1 Å². The van der Waals surface area contributed by atoms with E-state index in [0.717, 1.165) is 55.0 Å². The molecule has 2 aromatic carbocycles. The van der Waals surface area contributed by atoms with Crippen LogP contribution in [-0.2, 0) is 0 Å². The van der Waals surface area contributed by atoms with Gasteiger partial charge >= 0.3 is 0 Å². The minimum atomic E-state index is -0.209. The highest BCUT2D eigenvalue weighted by molar-refractivity contribution is 6.30. The zero-order valence-corrected chi connectivity index (χ0v) is 16.3. The largest absolute Gasteiger partial charge is 0.368 e. The third-order valence-corrected chi connectivity index (χ3v) is 4.99. The summed E-state index contributed by atoms with van der Waals surface area (Å²) in [7, 11) is 0. The smallest absolute Gasteiger partial charge is 0.136 e. The van der Waals surface area contributed by atoms with Gasteiger partial charge in [-0.25, -0.2) is 14.4 Å². The predicted octanol–water partition coefficient (Wildman–Crippen LogP) is 4.65. The van der Waals surface area contributed by atoms with Gasteiger partial charge in [0.15, 0.2) is 0 Å². The van der Waals surface area contributed by atoms with Crippen LogP contribution in [0.15, 0.2) is 54.6 Å². The molecule has 0 radical (unpaired) electrons. The summed E-state index contributed by atoms with van der Waals surface area (Å²) < 4.78 is 13.1. The fourth-order valence-corrected chi connectivity index (χ4v) is 3.43. The normalized spacial score (nSPS) is 14.2. The monoisotopic (exact) mass is 397 g/mol. The molecule has 0 amide bonds. The molecule has 1 aliphatic rings. The number of benzene rings is 2. The van der Waals surface area contributed by atoms with Crippen molar-refractivity contribution in [2.45, 2.75) is 6.92 Å². The Bertz CT molecular complexity index is 938. The Hall–Kier alpha value is -2.86. The zero-order valence-electron chi connectivity index (χ0n) is 15.6. The SMILES string of the molecule is Cc1nc(Nc2ccc(Cl)cc2)cc(N2CCN(c3ccc(F)cc3)CC2)n1. The van der Waals surface area contributed by atoms with Gasteiger partial charge < -0.3 is 15.1 Å². The standard InChI is InChI=1S/C21H21ClFN5/c1-15-24-20(26-18-6-2-16(22)3-7-18)14-21(25-15)28-12-10-27(11-13-28)19-8-4-17(23)5-9-19/h2-9,14H,10-13H2,1H3,(H,24,25,26). The fourth-order valence-electron chi connectivity index (χ4n) is 3.30. The molecule has 0 unspecified atom stereocenters. The lowest BCUT2D eigenvalue weighted by atomic mass is 10.2. The van der Waals surface area contributed by atoms with Gasteiger partial charge in [0.1, 0.15) is 23.3 Å². The van der Waals surface area contributed by atoms with Gasteiger partial charge in [-0.1, -0.05) is 11.6 Å². The molecule has 1 N–H and O–H groups in total. The number of hydrogen-bond acceptors (Lipinski definition) is 5. The maximum atomic E-state index is 13.1. The Morgan fingerprint density at radius 3 is 2.21 bits per heavy atom. The second-order valence-electron chi connectivity index (χ2n) is 6.74. The number of halogens is 2. The van der Waals surface area contributed by atoms with E-state index in [1.807, 2.05) is 49.4 Å². The van der Waals surface area contributed by atoms with Crippen LogP contribution in [0.3, 0.4) is 0 Å². The van der Waals surface area contributed by atoms with Crippen molar-refractivity contribution in [1.29, 1.82) is 0 Å². The predicted molar refractivity (Wildman–Crippen MR) is 112 cm³/mol. The molecule has 3 aromatic rings. The summed E-state index contributed by atoms with van der Waals surface area (Å²) in [4.78, 5) is 13.6. The lowest BCUT2D eigenvalue weighted by molar-refractivity contribution is 0.624. The Morgan fingerprint density at radius 2 is 1.54 bits per heavy atom. The third-order valence-electron chi connectivity index (χ3n) is 4.74. The lowest BCUT2D eigenvalue weighted by Crippen LogP contribution is -2.46. The molecule has 7 heteroatoms. The van der Waals surface area contributed by atoms with Crippen LogP contribution >= 0.6 is 11.6 Å². The van der Waals surface area contributed by atoms with Gasteiger partial charge in [0.25, 0.3) is 0 Å². The van der Waals surface area contributed by atoms with E-state index in [-0.39, 0.29) is 5.82 Å². The Balaban J connectivity index is 1.45. The minimum Gasteiger partial charge on any atom is -0.368 e. The molecular formula is C21H21ClFN5. The molecule has 0 spiro atoms. The minimum absolute atomic E-state index is 0.209. The van der Waals surface area contributed by atoms with Crippen molar-refractivity contribution in [2.24, 2.45) is 0 Å². The molecule has 5 nitrogen and oxygen atoms in total. The number of anilines is 4. The number of aromatic nitrogens is 2. The van der Waals surface area contributed by atoms with E-state index in [0.29, 0.717) is 5.02 Å². The van der Waals surface area contributed by atoms with Crippen molar-refractivity contribution in [3.63, 3.8) is 0 Å². The number of aryl methyl sites for hydroxylation is 1. The number of nitrogens with zero attached hydrogens (tertiary/aromatic N) is 4. The van der Waals surface area contributed by atoms with Gasteiger partial charge in [0.05, 0.1) is 0 Å². The van der Waals surface area contributed by atoms with Crippen LogP contribution in [0.2, 0.25) is 5.02 Å². The first kappa shape index (κ1) is 18.5. The van der Waals surface area contributed by atoms with Crippen LogP contribution in [0, 0.1) is 12.7 Å². The highest BCUT2D eigenvalue weighted by atomic mass is 35.5. The number of nitrogens with one attached hydrogen (secondary N) is 1. The van der Waals surface area contributed by atoms with Crippen molar-refractivity contribution in [2.75, 3.05) is 41.3 Å². The number of hydrogen-bond donors (Lipinski definition) is 1. The summed E-state index contributed by atoms with van der Waals surface area (Å²) in [5.74, 6) is 2.17. The summed E-state index contributed by atoms with van der Waals surface area (Å²) in [6.07, 6.45) is 0. The molecule has 2 heterocycles. The summed E-state index contributed by atoms with van der Waals surface area (Å²) in [6.45, 7) is 5.29. The Labute approximate surface area is 168 Å². The maximum absolute atomic E-state index is 13.1. The molecular weight excluding hydrogens is 377 g/mol. The fraction of sp³-hybridized carbons (Fsp3) is 0.238. The molecule has 0 saturated carbocycles. The Morgan fingerprint density at radius 1 is 0.893 bits per heavy atom. The van der Waals surface area contributed by atoms with Gasteiger partial charge in [0.2, 0.25) is 0 Å². The van der Waals surface area contributed by atoms with E-state index < -0.39 is 0 Å². The average Bonchev–Trinajstić information content (AvgIpc) is 2.70. The van der Waals surface area contributed by atoms with Crippen molar-refractivity contribution in [1.82, 2.24) is 9.97 Å². The van der Waals surface area contributed by atoms with Gasteiger partial charge in [0, 0.05) is 48.6 Å². The summed E-state index contributed by atoms with van der Waals surface area (Å²) in [5, 5.41) is 4.01. The van der Waals surface area contributed by atoms with Crippen molar-refractivity contribution >= 4 is 34.6 Å². The van der Waals surface area contributed by atoms with Crippen LogP contribution in [0.25, 0.3) is 0 Å².